The Balaban J connectivity index is -0.00000108. The van der Waals surface area contributed by atoms with Gasteiger partial charge >= 0.3 is 57.4 Å². The third-order valence-electron chi connectivity index (χ3n) is 4.99. The van der Waals surface area contributed by atoms with Gasteiger partial charge in [-0.15, -0.1) is 0 Å². The molecule has 0 aliphatic heterocycles. The summed E-state index contributed by atoms with van der Waals surface area (Å²) >= 11 is 0. The van der Waals surface area contributed by atoms with Gasteiger partial charge in [-0.05, 0) is 6.42 Å². The van der Waals surface area contributed by atoms with Crippen LogP contribution in [0.2, 0.25) is 0 Å². The van der Waals surface area contributed by atoms with Gasteiger partial charge in [0, 0.05) is 6.42 Å². The number of carboxylic acids is 1. The third kappa shape index (κ3) is 47.1. The molecule has 0 aromatic rings. The molecule has 0 spiro atoms. The van der Waals surface area contributed by atoms with Crippen molar-refractivity contribution in [1.29, 1.82) is 0 Å². The molecule has 0 radical (unpaired) electrons. The van der Waals surface area contributed by atoms with Crippen LogP contribution in [0.15, 0.2) is 0 Å². The Morgan fingerprint density at radius 1 is 0.633 bits per heavy atom. The molecule has 0 atom stereocenters. The summed E-state index contributed by atoms with van der Waals surface area (Å²) in [5.41, 5.74) is 0. The molecule has 8 heteroatoms. The molecule has 0 rings (SSSR count). The van der Waals surface area contributed by atoms with Crippen molar-refractivity contribution in [2.45, 2.75) is 135 Å². The fourth-order valence-corrected chi connectivity index (χ4v) is 3.35. The number of rotatable bonds is 20. The molecule has 6 nitrogen and oxygen atoms in total. The third-order valence-corrected chi connectivity index (χ3v) is 4.99. The predicted octanol–water partition coefficient (Wildman–Crippen LogP) is 3.34. The van der Waals surface area contributed by atoms with E-state index in [0.29, 0.717) is 6.42 Å². The second-order valence-electron chi connectivity index (χ2n) is 8.00. The summed E-state index contributed by atoms with van der Waals surface area (Å²) in [5, 5.41) is 8.56. The zero-order valence-corrected chi connectivity index (χ0v) is 23.7. The maximum absolute atomic E-state index is 10.4. The van der Waals surface area contributed by atoms with E-state index in [1.165, 1.54) is 109 Å². The van der Waals surface area contributed by atoms with Crippen molar-refractivity contribution in [3.8, 4) is 0 Å². The molecular weight excluding hydrogens is 430 g/mol. The largest absolute Gasteiger partial charge is 1.00 e. The Kier molecular flexibility index (Phi) is 33.7. The molecule has 0 aliphatic rings. The normalized spacial score (nSPS) is 10.8. The van der Waals surface area contributed by atoms with E-state index in [-0.39, 0.29) is 51.4 Å². The van der Waals surface area contributed by atoms with Crippen LogP contribution < -0.4 is 56.3 Å². The molecule has 0 saturated heterocycles. The Labute approximate surface area is 227 Å². The van der Waals surface area contributed by atoms with E-state index in [4.69, 9.17) is 24.4 Å². The number of phosphoric acid groups is 1. The van der Waals surface area contributed by atoms with Crippen molar-refractivity contribution >= 4 is 13.8 Å². The van der Waals surface area contributed by atoms with Gasteiger partial charge in [0.15, 0.2) is 0 Å². The minimum atomic E-state index is -4.89. The van der Waals surface area contributed by atoms with E-state index in [1.54, 1.807) is 0 Å². The van der Waals surface area contributed by atoms with Crippen LogP contribution in [0, 0.1) is 0 Å². The number of carbonyl (C=O) groups is 1. The smallest absolute Gasteiger partial charge is 0.756 e. The Bertz CT molecular complexity index is 382. The van der Waals surface area contributed by atoms with E-state index in [1.807, 2.05) is 0 Å². The van der Waals surface area contributed by atoms with Gasteiger partial charge in [0.25, 0.3) is 7.82 Å². The average molecular weight is 477 g/mol. The molecule has 30 heavy (non-hydrogen) atoms. The second-order valence-corrected chi connectivity index (χ2v) is 8.98. The van der Waals surface area contributed by atoms with Crippen LogP contribution in [0.3, 0.4) is 0 Å². The van der Waals surface area contributed by atoms with Crippen molar-refractivity contribution in [2.24, 2.45) is 0 Å². The maximum Gasteiger partial charge on any atom is 1.00 e. The minimum absolute atomic E-state index is 0. The summed E-state index contributed by atoms with van der Waals surface area (Å²) in [5.74, 6) is -0.651. The van der Waals surface area contributed by atoms with E-state index in [9.17, 15) is 4.79 Å². The SMILES string of the molecule is CCCCCCCCCCCCCCCCCCCCCC(=O)O.O=P([O-])(O)O.[K+]. The minimum Gasteiger partial charge on any atom is -0.756 e. The summed E-state index contributed by atoms with van der Waals surface area (Å²) in [6.07, 6.45) is 26.1. The Hall–Kier alpha value is 1.22. The van der Waals surface area contributed by atoms with E-state index < -0.39 is 13.8 Å². The van der Waals surface area contributed by atoms with Crippen LogP contribution >= 0.6 is 7.82 Å². The van der Waals surface area contributed by atoms with Crippen LogP contribution in [0.1, 0.15) is 135 Å². The molecule has 0 fully saturated rings. The molecular formula is C22H46KO6P. The molecule has 176 valence electrons. The van der Waals surface area contributed by atoms with Crippen molar-refractivity contribution in [1.82, 2.24) is 0 Å². The predicted molar refractivity (Wildman–Crippen MR) is 118 cm³/mol. The van der Waals surface area contributed by atoms with Crippen molar-refractivity contribution in [3.05, 3.63) is 0 Å². The fourth-order valence-electron chi connectivity index (χ4n) is 3.35. The van der Waals surface area contributed by atoms with Crippen LogP contribution in [0.25, 0.3) is 0 Å². The van der Waals surface area contributed by atoms with Crippen molar-refractivity contribution < 1.29 is 80.5 Å². The first-order chi connectivity index (χ1) is 13.8. The number of aliphatic carboxylic acids is 1. The number of hydrogen-bond donors (Lipinski definition) is 3. The van der Waals surface area contributed by atoms with Gasteiger partial charge in [-0.1, -0.05) is 122 Å². The molecule has 0 saturated carbocycles. The first kappa shape index (κ1) is 35.8. The summed E-state index contributed by atoms with van der Waals surface area (Å²) in [7, 11) is -4.89. The Morgan fingerprint density at radius 3 is 1.03 bits per heavy atom. The van der Waals surface area contributed by atoms with Gasteiger partial charge in [-0.25, -0.2) is 0 Å². The maximum atomic E-state index is 10.4. The number of hydrogen-bond acceptors (Lipinski definition) is 3. The zero-order valence-electron chi connectivity index (χ0n) is 19.7. The van der Waals surface area contributed by atoms with Crippen LogP contribution in [-0.4, -0.2) is 20.9 Å². The zero-order chi connectivity index (χ0) is 22.2. The molecule has 3 N–H and O–H groups in total. The van der Waals surface area contributed by atoms with Gasteiger partial charge in [0.05, 0.1) is 0 Å². The first-order valence-electron chi connectivity index (χ1n) is 11.8. The van der Waals surface area contributed by atoms with Gasteiger partial charge in [-0.3, -0.25) is 9.36 Å². The second kappa shape index (κ2) is 28.2. The van der Waals surface area contributed by atoms with Crippen molar-refractivity contribution in [3.63, 3.8) is 0 Å². The summed E-state index contributed by atoms with van der Waals surface area (Å²) in [6, 6.07) is 0. The van der Waals surface area contributed by atoms with Crippen LogP contribution in [-0.2, 0) is 9.36 Å². The molecule has 0 aliphatic carbocycles. The van der Waals surface area contributed by atoms with E-state index in [2.05, 4.69) is 6.92 Å². The quantitative estimate of drug-likeness (QED) is 0.141. The monoisotopic (exact) mass is 476 g/mol. The molecule has 0 heterocycles. The van der Waals surface area contributed by atoms with Crippen LogP contribution in [0.5, 0.6) is 0 Å². The standard InChI is InChI=1S/C22H44O2.K.H3O4P/c1-2-3-4-5-6-7-8-9-10-11-12-13-14-15-16-17-18-19-20-21-22(23)24;;1-5(2,3)4/h2-21H2,1H3,(H,23,24);;(H3,1,2,3,4)/q;+1;/p-1. The summed E-state index contributed by atoms with van der Waals surface area (Å²) in [6.45, 7) is 2.28. The molecule has 0 aromatic carbocycles. The van der Waals surface area contributed by atoms with E-state index >= 15 is 0 Å². The van der Waals surface area contributed by atoms with Crippen molar-refractivity contribution in [2.75, 3.05) is 0 Å². The molecule has 0 amide bonds. The average Bonchev–Trinajstić information content (AvgIpc) is 2.62. The van der Waals surface area contributed by atoms with Crippen LogP contribution in [0.4, 0.5) is 0 Å². The van der Waals surface area contributed by atoms with Gasteiger partial charge in [0.2, 0.25) is 0 Å². The number of carboxylic acid groups (broad SMARTS) is 1. The molecule has 0 aromatic heterocycles. The fraction of sp³-hybridized carbons (Fsp3) is 0.955. The topological polar surface area (TPSA) is 118 Å². The molecule has 0 bridgehead atoms. The Morgan fingerprint density at radius 2 is 0.833 bits per heavy atom. The number of unbranched alkanes of at least 4 members (excludes halogenated alkanes) is 18. The molecule has 0 unspecified atom stereocenters. The first-order valence-corrected chi connectivity index (χ1v) is 13.3. The summed E-state index contributed by atoms with van der Waals surface area (Å²) < 4.78 is 8.77. The van der Waals surface area contributed by atoms with Gasteiger partial charge < -0.3 is 19.8 Å². The summed E-state index contributed by atoms with van der Waals surface area (Å²) in [4.78, 5) is 33.3. The van der Waals surface area contributed by atoms with E-state index in [0.717, 1.165) is 12.8 Å². The van der Waals surface area contributed by atoms with Gasteiger partial charge in [0.1, 0.15) is 0 Å². The van der Waals surface area contributed by atoms with Gasteiger partial charge in [-0.2, -0.15) is 0 Å².